The van der Waals surface area contributed by atoms with Crippen molar-refractivity contribution in [3.63, 3.8) is 0 Å². The van der Waals surface area contributed by atoms with Crippen LogP contribution in [0, 0.1) is 0 Å². The lowest BCUT2D eigenvalue weighted by Crippen LogP contribution is -2.41. The number of ether oxygens (including phenoxy) is 1. The van der Waals surface area contributed by atoms with Crippen LogP contribution in [0.5, 0.6) is 5.75 Å². The third-order valence-corrected chi connectivity index (χ3v) is 6.41. The highest BCUT2D eigenvalue weighted by Crippen LogP contribution is 2.44. The Kier molecular flexibility index (Phi) is 6.30. The Bertz CT molecular complexity index is 917. The minimum Gasteiger partial charge on any atom is -0.494 e. The van der Waals surface area contributed by atoms with Gasteiger partial charge in [-0.2, -0.15) is 0 Å². The molecule has 8 heteroatoms. The largest absolute Gasteiger partial charge is 0.494 e. The van der Waals surface area contributed by atoms with Crippen LogP contribution in [0.15, 0.2) is 47.1 Å². The van der Waals surface area contributed by atoms with Gasteiger partial charge < -0.3 is 15.2 Å². The number of fused-ring (bicyclic) bond motifs is 1. The number of carbonyl (C=O) groups excluding carboxylic acids is 1. The number of aliphatic hydroxyl groups excluding tert-OH is 1. The number of carbonyl (C=O) groups is 1. The molecule has 2 heterocycles. The molecule has 2 N–H and O–H groups in total. The summed E-state index contributed by atoms with van der Waals surface area (Å²) in [5.41, 5.74) is 1.70. The number of rotatable bonds is 8. The molecule has 0 aliphatic carbocycles. The minimum atomic E-state index is -0.894. The van der Waals surface area contributed by atoms with Crippen LogP contribution in [-0.4, -0.2) is 40.7 Å². The number of pyridine rings is 1. The summed E-state index contributed by atoms with van der Waals surface area (Å²) in [5.74, 6) is 0.629. The summed E-state index contributed by atoms with van der Waals surface area (Å²) in [7, 11) is 0. The average Bonchev–Trinajstić information content (AvgIpc) is 3.08. The smallest absolute Gasteiger partial charge is 0.241 e. The Morgan fingerprint density at radius 3 is 2.81 bits per heavy atom. The van der Waals surface area contributed by atoms with Gasteiger partial charge in [-0.1, -0.05) is 11.8 Å². The number of hydrogen-bond acceptors (Lipinski definition) is 7. The fourth-order valence-electron chi connectivity index (χ4n) is 2.60. The fourth-order valence-corrected chi connectivity index (χ4v) is 5.18. The van der Waals surface area contributed by atoms with E-state index in [2.05, 4.69) is 15.3 Å². The van der Waals surface area contributed by atoms with Crippen molar-refractivity contribution < 1.29 is 14.6 Å². The van der Waals surface area contributed by atoms with E-state index in [1.54, 1.807) is 12.4 Å². The molecule has 0 saturated carbocycles. The van der Waals surface area contributed by atoms with Gasteiger partial charge in [0.15, 0.2) is 4.34 Å². The van der Waals surface area contributed by atoms with E-state index in [4.69, 9.17) is 9.84 Å². The lowest BCUT2D eigenvalue weighted by Gasteiger charge is -2.27. The van der Waals surface area contributed by atoms with Crippen molar-refractivity contribution in [3.8, 4) is 5.75 Å². The van der Waals surface area contributed by atoms with Crippen LogP contribution in [0.2, 0.25) is 0 Å². The third kappa shape index (κ3) is 4.40. The number of aliphatic hydroxyl groups is 1. The van der Waals surface area contributed by atoms with Crippen molar-refractivity contribution in [1.29, 1.82) is 0 Å². The summed E-state index contributed by atoms with van der Waals surface area (Å²) >= 11 is 2.92. The van der Waals surface area contributed by atoms with Crippen molar-refractivity contribution in [2.75, 3.05) is 19.8 Å². The molecule has 1 amide bonds. The molecule has 142 valence electrons. The Morgan fingerprint density at radius 1 is 1.33 bits per heavy atom. The zero-order valence-corrected chi connectivity index (χ0v) is 16.8. The second-order valence-corrected chi connectivity index (χ2v) is 8.59. The van der Waals surface area contributed by atoms with E-state index in [9.17, 15) is 4.79 Å². The number of thioether (sulfide) groups is 1. The van der Waals surface area contributed by atoms with Crippen LogP contribution < -0.4 is 10.1 Å². The van der Waals surface area contributed by atoms with Gasteiger partial charge in [-0.25, -0.2) is 4.98 Å². The van der Waals surface area contributed by atoms with Crippen molar-refractivity contribution >= 4 is 39.2 Å². The first-order valence-electron chi connectivity index (χ1n) is 8.59. The molecule has 0 bridgehead atoms. The third-order valence-electron chi connectivity index (χ3n) is 4.00. The number of thiazole rings is 1. The zero-order chi connectivity index (χ0) is 19.3. The van der Waals surface area contributed by atoms with Gasteiger partial charge in [0.2, 0.25) is 5.91 Å². The predicted octanol–water partition coefficient (Wildman–Crippen LogP) is 3.21. The van der Waals surface area contributed by atoms with Crippen LogP contribution in [0.25, 0.3) is 10.2 Å². The lowest BCUT2D eigenvalue weighted by molar-refractivity contribution is -0.123. The molecule has 3 rings (SSSR count). The number of amides is 1. The number of nitrogens with one attached hydrogen (secondary N) is 1. The standard InChI is InChI=1S/C19H21N3O3S2/c1-3-25-14-4-5-15-16(12-14)26-18(22-15)27-19(2,17(24)21-10-11-23)13-6-8-20-9-7-13/h4-9,12,23H,3,10-11H2,1-2H3,(H,21,24). The maximum Gasteiger partial charge on any atom is 0.241 e. The van der Waals surface area contributed by atoms with Crippen LogP contribution >= 0.6 is 23.1 Å². The zero-order valence-electron chi connectivity index (χ0n) is 15.1. The number of aromatic nitrogens is 2. The SMILES string of the molecule is CCOc1ccc2nc(SC(C)(C(=O)NCCO)c3ccncc3)sc2c1. The molecule has 0 radical (unpaired) electrons. The maximum atomic E-state index is 12.9. The van der Waals surface area contributed by atoms with Crippen molar-refractivity contribution in [2.45, 2.75) is 22.9 Å². The molecule has 1 unspecified atom stereocenters. The molecule has 27 heavy (non-hydrogen) atoms. The van der Waals surface area contributed by atoms with Crippen LogP contribution in [0.4, 0.5) is 0 Å². The molecule has 3 aromatic rings. The van der Waals surface area contributed by atoms with E-state index in [1.807, 2.05) is 44.2 Å². The van der Waals surface area contributed by atoms with E-state index < -0.39 is 4.75 Å². The molecule has 0 fully saturated rings. The maximum absolute atomic E-state index is 12.9. The Balaban J connectivity index is 1.94. The Hall–Kier alpha value is -2.16. The van der Waals surface area contributed by atoms with Gasteiger partial charge in [0.05, 0.1) is 23.4 Å². The van der Waals surface area contributed by atoms with Gasteiger partial charge in [0.1, 0.15) is 10.5 Å². The molecule has 6 nitrogen and oxygen atoms in total. The van der Waals surface area contributed by atoms with Gasteiger partial charge in [-0.3, -0.25) is 9.78 Å². The first-order chi connectivity index (χ1) is 13.1. The molecule has 0 aliphatic heterocycles. The summed E-state index contributed by atoms with van der Waals surface area (Å²) in [6.07, 6.45) is 3.33. The summed E-state index contributed by atoms with van der Waals surface area (Å²) < 4.78 is 6.46. The molecule has 0 aliphatic rings. The summed E-state index contributed by atoms with van der Waals surface area (Å²) in [6.45, 7) is 4.51. The summed E-state index contributed by atoms with van der Waals surface area (Å²) in [4.78, 5) is 21.6. The topological polar surface area (TPSA) is 84.3 Å². The van der Waals surface area contributed by atoms with Crippen molar-refractivity contribution in [2.24, 2.45) is 0 Å². The van der Waals surface area contributed by atoms with Gasteiger partial charge in [0.25, 0.3) is 0 Å². The minimum absolute atomic E-state index is 0.107. The van der Waals surface area contributed by atoms with E-state index in [0.29, 0.717) is 6.61 Å². The van der Waals surface area contributed by atoms with Gasteiger partial charge in [0, 0.05) is 18.9 Å². The fraction of sp³-hybridized carbons (Fsp3) is 0.316. The molecule has 1 aromatic carbocycles. The van der Waals surface area contributed by atoms with Gasteiger partial charge in [-0.05, 0) is 49.7 Å². The first kappa shape index (κ1) is 19.6. The summed E-state index contributed by atoms with van der Waals surface area (Å²) in [5, 5.41) is 11.8. The second-order valence-electron chi connectivity index (χ2n) is 5.89. The quantitative estimate of drug-likeness (QED) is 0.562. The predicted molar refractivity (Wildman–Crippen MR) is 108 cm³/mol. The number of hydrogen-bond donors (Lipinski definition) is 2. The van der Waals surface area contributed by atoms with E-state index in [-0.39, 0.29) is 19.1 Å². The second kappa shape index (κ2) is 8.69. The van der Waals surface area contributed by atoms with Crippen LogP contribution in [-0.2, 0) is 9.54 Å². The van der Waals surface area contributed by atoms with Crippen molar-refractivity contribution in [1.82, 2.24) is 15.3 Å². The summed E-state index contributed by atoms with van der Waals surface area (Å²) in [6, 6.07) is 9.45. The normalized spacial score (nSPS) is 13.3. The van der Waals surface area contributed by atoms with E-state index in [1.165, 1.54) is 23.1 Å². The van der Waals surface area contributed by atoms with Crippen LogP contribution in [0.3, 0.4) is 0 Å². The first-order valence-corrected chi connectivity index (χ1v) is 10.2. The number of nitrogens with zero attached hydrogens (tertiary/aromatic N) is 2. The molecular weight excluding hydrogens is 382 g/mol. The highest BCUT2D eigenvalue weighted by Gasteiger charge is 2.37. The highest BCUT2D eigenvalue weighted by molar-refractivity contribution is 8.02. The monoisotopic (exact) mass is 403 g/mol. The highest BCUT2D eigenvalue weighted by atomic mass is 32.2. The average molecular weight is 404 g/mol. The molecule has 1 atom stereocenters. The van der Waals surface area contributed by atoms with E-state index in [0.717, 1.165) is 25.9 Å². The van der Waals surface area contributed by atoms with Gasteiger partial charge >= 0.3 is 0 Å². The molecule has 0 saturated heterocycles. The molecular formula is C19H21N3O3S2. The van der Waals surface area contributed by atoms with E-state index >= 15 is 0 Å². The van der Waals surface area contributed by atoms with Gasteiger partial charge in [-0.15, -0.1) is 11.3 Å². The lowest BCUT2D eigenvalue weighted by atomic mass is 10.0. The molecule has 0 spiro atoms. The van der Waals surface area contributed by atoms with Crippen molar-refractivity contribution in [3.05, 3.63) is 48.3 Å². The molecule has 2 aromatic heterocycles. The Labute approximate surface area is 166 Å². The van der Waals surface area contributed by atoms with Crippen LogP contribution in [0.1, 0.15) is 19.4 Å². The Morgan fingerprint density at radius 2 is 2.11 bits per heavy atom. The number of benzene rings is 1.